The Morgan fingerprint density at radius 1 is 0.926 bits per heavy atom. The zero-order valence-corrected chi connectivity index (χ0v) is 15.0. The van der Waals surface area contributed by atoms with Gasteiger partial charge in [-0.3, -0.25) is 9.78 Å². The molecule has 0 saturated heterocycles. The van der Waals surface area contributed by atoms with Gasteiger partial charge in [-0.05, 0) is 61.0 Å². The first-order valence-corrected chi connectivity index (χ1v) is 8.34. The Hall–Kier alpha value is -3.67. The van der Waals surface area contributed by atoms with Crippen LogP contribution < -0.4 is 10.6 Å². The molecule has 0 aliphatic heterocycles. The van der Waals surface area contributed by atoms with Crippen LogP contribution in [0.1, 0.15) is 26.4 Å². The van der Waals surface area contributed by atoms with Crippen molar-refractivity contribution in [3.8, 4) is 0 Å². The van der Waals surface area contributed by atoms with Crippen LogP contribution in [0.3, 0.4) is 0 Å². The third-order valence-corrected chi connectivity index (χ3v) is 3.86. The van der Waals surface area contributed by atoms with Crippen molar-refractivity contribution in [3.63, 3.8) is 0 Å². The van der Waals surface area contributed by atoms with Gasteiger partial charge < -0.3 is 15.4 Å². The molecule has 0 atom stereocenters. The average Bonchev–Trinajstić information content (AvgIpc) is 2.68. The van der Waals surface area contributed by atoms with Crippen molar-refractivity contribution < 1.29 is 14.3 Å². The molecule has 0 spiro atoms. The number of carbonyl (C=O) groups is 2. The number of rotatable bonds is 5. The Bertz CT molecular complexity index is 968. The molecule has 136 valence electrons. The van der Waals surface area contributed by atoms with E-state index in [0.717, 1.165) is 16.9 Å². The van der Waals surface area contributed by atoms with E-state index in [2.05, 4.69) is 20.4 Å². The molecule has 27 heavy (non-hydrogen) atoms. The molecule has 1 aromatic heterocycles. The third-order valence-electron chi connectivity index (χ3n) is 3.86. The van der Waals surface area contributed by atoms with Gasteiger partial charge in [0.2, 0.25) is 0 Å². The number of ether oxygens (including phenoxy) is 1. The van der Waals surface area contributed by atoms with Crippen LogP contribution in [0.5, 0.6) is 0 Å². The largest absolute Gasteiger partial charge is 0.465 e. The van der Waals surface area contributed by atoms with Gasteiger partial charge in [0.1, 0.15) is 5.69 Å². The predicted octanol–water partition coefficient (Wildman–Crippen LogP) is 4.17. The molecular weight excluding hydrogens is 342 g/mol. The number of hydrogen-bond donors (Lipinski definition) is 2. The fourth-order valence-corrected chi connectivity index (χ4v) is 2.52. The van der Waals surface area contributed by atoms with Crippen LogP contribution in [-0.2, 0) is 4.74 Å². The summed E-state index contributed by atoms with van der Waals surface area (Å²) in [6, 6.07) is 17.9. The second-order valence-corrected chi connectivity index (χ2v) is 5.95. The van der Waals surface area contributed by atoms with E-state index in [1.54, 1.807) is 42.6 Å². The van der Waals surface area contributed by atoms with Crippen molar-refractivity contribution in [2.45, 2.75) is 6.92 Å². The Morgan fingerprint density at radius 2 is 1.67 bits per heavy atom. The molecule has 0 radical (unpaired) electrons. The molecule has 1 heterocycles. The molecule has 2 N–H and O–H groups in total. The van der Waals surface area contributed by atoms with Crippen LogP contribution in [0.15, 0.2) is 66.9 Å². The lowest BCUT2D eigenvalue weighted by Crippen LogP contribution is -2.14. The lowest BCUT2D eigenvalue weighted by atomic mass is 10.2. The van der Waals surface area contributed by atoms with E-state index in [0.29, 0.717) is 11.3 Å². The van der Waals surface area contributed by atoms with Gasteiger partial charge in [-0.2, -0.15) is 0 Å². The van der Waals surface area contributed by atoms with Crippen LogP contribution in [0, 0.1) is 6.92 Å². The number of nitrogens with one attached hydrogen (secondary N) is 2. The zero-order valence-electron chi connectivity index (χ0n) is 15.0. The summed E-state index contributed by atoms with van der Waals surface area (Å²) in [5.41, 5.74) is 4.10. The maximum absolute atomic E-state index is 12.5. The summed E-state index contributed by atoms with van der Waals surface area (Å²) in [6.45, 7) is 2.02. The van der Waals surface area contributed by atoms with Crippen molar-refractivity contribution in [3.05, 3.63) is 83.7 Å². The summed E-state index contributed by atoms with van der Waals surface area (Å²) < 4.78 is 4.65. The maximum atomic E-state index is 12.5. The highest BCUT2D eigenvalue weighted by Gasteiger charge is 2.10. The number of pyridine rings is 1. The number of carbonyl (C=O) groups excluding carboxylic acids is 2. The summed E-state index contributed by atoms with van der Waals surface area (Å²) in [6.07, 6.45) is 1.58. The van der Waals surface area contributed by atoms with Gasteiger partial charge in [0, 0.05) is 23.3 Å². The molecule has 0 aliphatic carbocycles. The molecule has 0 bridgehead atoms. The molecule has 0 unspecified atom stereocenters. The Kier molecular flexibility index (Phi) is 5.47. The summed E-state index contributed by atoms with van der Waals surface area (Å²) in [5.74, 6) is -0.766. The summed E-state index contributed by atoms with van der Waals surface area (Å²) in [7, 11) is 1.32. The molecule has 3 rings (SSSR count). The van der Waals surface area contributed by atoms with Crippen molar-refractivity contribution in [2.75, 3.05) is 17.7 Å². The van der Waals surface area contributed by atoms with Gasteiger partial charge in [-0.15, -0.1) is 0 Å². The van der Waals surface area contributed by atoms with Crippen molar-refractivity contribution >= 4 is 28.9 Å². The Labute approximate surface area is 157 Å². The van der Waals surface area contributed by atoms with Crippen molar-refractivity contribution in [2.24, 2.45) is 0 Å². The lowest BCUT2D eigenvalue weighted by Gasteiger charge is -2.09. The highest BCUT2D eigenvalue weighted by Crippen LogP contribution is 2.18. The molecular formula is C21H19N3O3. The monoisotopic (exact) mass is 361 g/mol. The van der Waals surface area contributed by atoms with E-state index in [9.17, 15) is 9.59 Å². The predicted molar refractivity (Wildman–Crippen MR) is 104 cm³/mol. The third kappa shape index (κ3) is 4.70. The number of nitrogens with zero attached hydrogens (tertiary/aromatic N) is 1. The zero-order chi connectivity index (χ0) is 19.2. The minimum absolute atomic E-state index is 0.282. The van der Waals surface area contributed by atoms with Gasteiger partial charge in [0.05, 0.1) is 12.7 Å². The minimum Gasteiger partial charge on any atom is -0.465 e. The van der Waals surface area contributed by atoms with E-state index in [1.807, 2.05) is 31.2 Å². The number of benzene rings is 2. The van der Waals surface area contributed by atoms with Crippen LogP contribution in [0.4, 0.5) is 17.1 Å². The number of anilines is 3. The van der Waals surface area contributed by atoms with Gasteiger partial charge in [-0.1, -0.05) is 12.1 Å². The number of amides is 1. The lowest BCUT2D eigenvalue weighted by molar-refractivity contribution is 0.0600. The van der Waals surface area contributed by atoms with Gasteiger partial charge in [0.25, 0.3) is 5.91 Å². The number of aromatic nitrogens is 1. The molecule has 3 aromatic rings. The second-order valence-electron chi connectivity index (χ2n) is 5.95. The van der Waals surface area contributed by atoms with Crippen molar-refractivity contribution in [1.82, 2.24) is 4.98 Å². The van der Waals surface area contributed by atoms with Crippen LogP contribution in [0.25, 0.3) is 0 Å². The normalized spacial score (nSPS) is 10.1. The van der Waals surface area contributed by atoms with Crippen LogP contribution in [-0.4, -0.2) is 24.0 Å². The summed E-state index contributed by atoms with van der Waals surface area (Å²) in [4.78, 5) is 28.0. The van der Waals surface area contributed by atoms with Gasteiger partial charge in [-0.25, -0.2) is 4.79 Å². The van der Waals surface area contributed by atoms with E-state index < -0.39 is 5.97 Å². The SMILES string of the molecule is COC(=O)c1ccc(NC(=O)c2cc(Nc3cccc(C)c3)ccn2)cc1. The number of hydrogen-bond acceptors (Lipinski definition) is 5. The van der Waals surface area contributed by atoms with Crippen molar-refractivity contribution in [1.29, 1.82) is 0 Å². The standard InChI is InChI=1S/C21H19N3O3/c1-14-4-3-5-17(12-14)23-18-10-11-22-19(13-18)20(25)24-16-8-6-15(7-9-16)21(26)27-2/h3-13H,1-2H3,(H,22,23)(H,24,25). The highest BCUT2D eigenvalue weighted by molar-refractivity contribution is 6.03. The first-order chi connectivity index (χ1) is 13.0. The van der Waals surface area contributed by atoms with E-state index in [-0.39, 0.29) is 11.6 Å². The van der Waals surface area contributed by atoms with E-state index in [4.69, 9.17) is 0 Å². The van der Waals surface area contributed by atoms with Crippen LogP contribution in [0.2, 0.25) is 0 Å². The minimum atomic E-state index is -0.426. The molecule has 1 amide bonds. The smallest absolute Gasteiger partial charge is 0.337 e. The van der Waals surface area contributed by atoms with Gasteiger partial charge in [0.15, 0.2) is 0 Å². The Morgan fingerprint density at radius 3 is 2.37 bits per heavy atom. The molecule has 0 fully saturated rings. The molecule has 0 aliphatic rings. The molecule has 6 nitrogen and oxygen atoms in total. The summed E-state index contributed by atoms with van der Waals surface area (Å²) in [5, 5.41) is 6.02. The van der Waals surface area contributed by atoms with Crippen LogP contribution >= 0.6 is 0 Å². The summed E-state index contributed by atoms with van der Waals surface area (Å²) >= 11 is 0. The second kappa shape index (κ2) is 8.14. The number of methoxy groups -OCH3 is 1. The maximum Gasteiger partial charge on any atom is 0.337 e. The first kappa shape index (κ1) is 18.1. The molecule has 0 saturated carbocycles. The van der Waals surface area contributed by atoms with Gasteiger partial charge >= 0.3 is 5.97 Å². The number of esters is 1. The first-order valence-electron chi connectivity index (χ1n) is 8.34. The topological polar surface area (TPSA) is 80.3 Å². The quantitative estimate of drug-likeness (QED) is 0.667. The van der Waals surface area contributed by atoms with E-state index in [1.165, 1.54) is 7.11 Å². The number of aryl methyl sites for hydroxylation is 1. The molecule has 6 heteroatoms. The highest BCUT2D eigenvalue weighted by atomic mass is 16.5. The Balaban J connectivity index is 1.70. The van der Waals surface area contributed by atoms with E-state index >= 15 is 0 Å². The average molecular weight is 361 g/mol. The molecule has 2 aromatic carbocycles. The fraction of sp³-hybridized carbons (Fsp3) is 0.0952. The fourth-order valence-electron chi connectivity index (χ4n) is 2.52.